The maximum atomic E-state index is 5.11. The molecule has 234 valence electrons. The molecule has 3 heterocycles. The molecule has 3 aromatic heterocycles. The average Bonchev–Trinajstić information content (AvgIpc) is 3.77. The van der Waals surface area contributed by atoms with Gasteiger partial charge in [-0.25, -0.2) is 15.0 Å². The van der Waals surface area contributed by atoms with Crippen LogP contribution < -0.4 is 0 Å². The second-order valence-electron chi connectivity index (χ2n) is 12.4. The summed E-state index contributed by atoms with van der Waals surface area (Å²) in [6, 6.07) is 57.8. The summed E-state index contributed by atoms with van der Waals surface area (Å²) in [5.41, 5.74) is 7.88. The molecule has 0 aliphatic rings. The van der Waals surface area contributed by atoms with E-state index in [9.17, 15) is 0 Å². The number of rotatable bonds is 5. The zero-order valence-corrected chi connectivity index (χ0v) is 28.4. The number of benzene rings is 7. The standard InChI is InChI=1S/C45H27N3S2/c1-4-14-28(15-5-1)31-26-36-32-20-10-11-24-38(32)49-42(36)37(27-31)33-21-12-22-34-40-35(23-13-25-39(40)50-41(33)34)45-47-43(29-16-6-2-7-17-29)46-44(48-45)30-18-8-3-9-19-30/h1-27H. The highest BCUT2D eigenvalue weighted by Gasteiger charge is 2.20. The number of aromatic nitrogens is 3. The summed E-state index contributed by atoms with van der Waals surface area (Å²) >= 11 is 3.72. The first-order chi connectivity index (χ1) is 24.8. The van der Waals surface area contributed by atoms with E-state index in [1.807, 2.05) is 59.1 Å². The van der Waals surface area contributed by atoms with Crippen LogP contribution in [0.25, 0.3) is 96.8 Å². The van der Waals surface area contributed by atoms with Crippen molar-refractivity contribution < 1.29 is 0 Å². The number of hydrogen-bond donors (Lipinski definition) is 0. The zero-order valence-electron chi connectivity index (χ0n) is 26.7. The largest absolute Gasteiger partial charge is 0.208 e. The van der Waals surface area contributed by atoms with Gasteiger partial charge in [-0.2, -0.15) is 0 Å². The van der Waals surface area contributed by atoms with Gasteiger partial charge in [-0.1, -0.05) is 140 Å². The van der Waals surface area contributed by atoms with Crippen LogP contribution in [0.3, 0.4) is 0 Å². The summed E-state index contributed by atoms with van der Waals surface area (Å²) in [7, 11) is 0. The molecule has 5 heteroatoms. The molecule has 3 nitrogen and oxygen atoms in total. The lowest BCUT2D eigenvalue weighted by atomic mass is 9.95. The van der Waals surface area contributed by atoms with Crippen LogP contribution in [0.1, 0.15) is 0 Å². The van der Waals surface area contributed by atoms with Crippen molar-refractivity contribution in [2.45, 2.75) is 0 Å². The minimum Gasteiger partial charge on any atom is -0.208 e. The molecule has 10 aromatic rings. The van der Waals surface area contributed by atoms with E-state index in [-0.39, 0.29) is 0 Å². The summed E-state index contributed by atoms with van der Waals surface area (Å²) in [5, 5.41) is 4.98. The van der Waals surface area contributed by atoms with Crippen LogP contribution in [0.15, 0.2) is 164 Å². The monoisotopic (exact) mass is 673 g/mol. The summed E-state index contributed by atoms with van der Waals surface area (Å²) in [6.45, 7) is 0. The highest BCUT2D eigenvalue weighted by Crippen LogP contribution is 2.48. The molecule has 0 spiro atoms. The summed E-state index contributed by atoms with van der Waals surface area (Å²) in [6.07, 6.45) is 0. The number of thiophene rings is 2. The first-order valence-electron chi connectivity index (χ1n) is 16.6. The van der Waals surface area contributed by atoms with Crippen LogP contribution in [-0.2, 0) is 0 Å². The van der Waals surface area contributed by atoms with Crippen molar-refractivity contribution in [2.75, 3.05) is 0 Å². The second kappa shape index (κ2) is 11.8. The fourth-order valence-corrected chi connectivity index (χ4v) is 9.47. The Morgan fingerprint density at radius 2 is 0.840 bits per heavy atom. The van der Waals surface area contributed by atoms with E-state index in [1.54, 1.807) is 0 Å². The van der Waals surface area contributed by atoms with Crippen LogP contribution in [0.5, 0.6) is 0 Å². The molecule has 0 bridgehead atoms. The molecule has 0 unspecified atom stereocenters. The SMILES string of the molecule is c1ccc(-c2cc(-c3cccc4c3sc3cccc(-c5nc(-c6ccccc6)nc(-c6ccccc6)n5)c34)c3sc4ccccc4c3c2)cc1. The van der Waals surface area contributed by atoms with Crippen LogP contribution in [0.2, 0.25) is 0 Å². The van der Waals surface area contributed by atoms with Gasteiger partial charge in [0.05, 0.1) is 0 Å². The van der Waals surface area contributed by atoms with E-state index in [0.717, 1.165) is 16.7 Å². The van der Waals surface area contributed by atoms with Gasteiger partial charge in [0.2, 0.25) is 0 Å². The molecule has 0 fully saturated rings. The van der Waals surface area contributed by atoms with Gasteiger partial charge in [0.1, 0.15) is 0 Å². The lowest BCUT2D eigenvalue weighted by Crippen LogP contribution is -2.00. The Hall–Kier alpha value is -6.01. The summed E-state index contributed by atoms with van der Waals surface area (Å²) in [5.74, 6) is 2.00. The minimum atomic E-state index is 0.663. The molecule has 0 radical (unpaired) electrons. The Labute approximate surface area is 296 Å². The molecule has 0 amide bonds. The molecule has 50 heavy (non-hydrogen) atoms. The van der Waals surface area contributed by atoms with Crippen molar-refractivity contribution >= 4 is 63.0 Å². The topological polar surface area (TPSA) is 38.7 Å². The van der Waals surface area contributed by atoms with E-state index in [0.29, 0.717) is 17.5 Å². The number of nitrogens with zero attached hydrogens (tertiary/aromatic N) is 3. The average molecular weight is 674 g/mol. The van der Waals surface area contributed by atoms with Gasteiger partial charge >= 0.3 is 0 Å². The van der Waals surface area contributed by atoms with E-state index in [2.05, 4.69) is 127 Å². The second-order valence-corrected chi connectivity index (χ2v) is 14.5. The van der Waals surface area contributed by atoms with E-state index in [4.69, 9.17) is 15.0 Å². The van der Waals surface area contributed by atoms with E-state index in [1.165, 1.54) is 62.6 Å². The third-order valence-corrected chi connectivity index (χ3v) is 11.8. The van der Waals surface area contributed by atoms with Crippen molar-refractivity contribution in [1.82, 2.24) is 15.0 Å². The highest BCUT2D eigenvalue weighted by molar-refractivity contribution is 7.27. The van der Waals surface area contributed by atoms with Crippen molar-refractivity contribution in [2.24, 2.45) is 0 Å². The molecule has 0 atom stereocenters. The molecular formula is C45H27N3S2. The Bertz CT molecular complexity index is 2800. The van der Waals surface area contributed by atoms with Gasteiger partial charge in [-0.15, -0.1) is 22.7 Å². The quantitative estimate of drug-likeness (QED) is 0.182. The number of hydrogen-bond acceptors (Lipinski definition) is 5. The van der Waals surface area contributed by atoms with Gasteiger partial charge in [-0.3, -0.25) is 0 Å². The molecule has 0 aliphatic carbocycles. The molecule has 0 N–H and O–H groups in total. The van der Waals surface area contributed by atoms with Crippen LogP contribution in [0.4, 0.5) is 0 Å². The number of fused-ring (bicyclic) bond motifs is 6. The molecule has 7 aromatic carbocycles. The Kier molecular flexibility index (Phi) is 6.86. The Balaban J connectivity index is 1.23. The third kappa shape index (κ3) is 4.82. The molecule has 0 saturated carbocycles. The predicted molar refractivity (Wildman–Crippen MR) is 213 cm³/mol. The lowest BCUT2D eigenvalue weighted by Gasteiger charge is -2.11. The fraction of sp³-hybridized carbons (Fsp3) is 0. The van der Waals surface area contributed by atoms with Crippen LogP contribution in [-0.4, -0.2) is 15.0 Å². The molecular weight excluding hydrogens is 647 g/mol. The van der Waals surface area contributed by atoms with Crippen LogP contribution in [0, 0.1) is 0 Å². The molecule has 0 saturated heterocycles. The van der Waals surface area contributed by atoms with Gasteiger partial charge in [0.25, 0.3) is 0 Å². The molecule has 0 aliphatic heterocycles. The van der Waals surface area contributed by atoms with Crippen LogP contribution >= 0.6 is 22.7 Å². The van der Waals surface area contributed by atoms with Crippen molar-refractivity contribution in [1.29, 1.82) is 0 Å². The van der Waals surface area contributed by atoms with Gasteiger partial charge in [-0.05, 0) is 35.4 Å². The maximum absolute atomic E-state index is 5.11. The third-order valence-electron chi connectivity index (χ3n) is 9.34. The smallest absolute Gasteiger partial charge is 0.164 e. The summed E-state index contributed by atoms with van der Waals surface area (Å²) < 4.78 is 5.09. The van der Waals surface area contributed by atoms with Crippen molar-refractivity contribution in [3.05, 3.63) is 164 Å². The van der Waals surface area contributed by atoms with Crippen molar-refractivity contribution in [3.8, 4) is 56.4 Å². The van der Waals surface area contributed by atoms with Gasteiger partial charge in [0.15, 0.2) is 17.5 Å². The normalized spacial score (nSPS) is 11.6. The van der Waals surface area contributed by atoms with Gasteiger partial charge in [0, 0.05) is 68.2 Å². The Morgan fingerprint density at radius 3 is 1.56 bits per heavy atom. The first-order valence-corrected chi connectivity index (χ1v) is 18.2. The van der Waals surface area contributed by atoms with E-state index >= 15 is 0 Å². The summed E-state index contributed by atoms with van der Waals surface area (Å²) in [4.78, 5) is 15.2. The highest BCUT2D eigenvalue weighted by atomic mass is 32.1. The predicted octanol–water partition coefficient (Wildman–Crippen LogP) is 12.9. The zero-order chi connectivity index (χ0) is 33.0. The molecule has 10 rings (SSSR count). The minimum absolute atomic E-state index is 0.663. The van der Waals surface area contributed by atoms with Gasteiger partial charge < -0.3 is 0 Å². The fourth-order valence-electron chi connectivity index (χ4n) is 7.00. The maximum Gasteiger partial charge on any atom is 0.164 e. The Morgan fingerprint density at radius 1 is 0.320 bits per heavy atom. The van der Waals surface area contributed by atoms with E-state index < -0.39 is 0 Å². The lowest BCUT2D eigenvalue weighted by molar-refractivity contribution is 1.08. The first kappa shape index (κ1) is 29.0. The van der Waals surface area contributed by atoms with Crippen molar-refractivity contribution in [3.63, 3.8) is 0 Å².